The molecule has 1 aromatic carbocycles. The molecule has 12 heteroatoms. The van der Waals surface area contributed by atoms with E-state index in [9.17, 15) is 4.79 Å². The molecule has 3 N–H and O–H groups in total. The Morgan fingerprint density at radius 2 is 1.89 bits per heavy atom. The maximum Gasteiger partial charge on any atom is 0.293 e. The Balaban J connectivity index is 1.83. The zero-order valence-corrected chi connectivity index (χ0v) is 21.7. The van der Waals surface area contributed by atoms with Crippen LogP contribution in [0.1, 0.15) is 67.8 Å². The minimum absolute atomic E-state index is 0.0623. The van der Waals surface area contributed by atoms with Gasteiger partial charge >= 0.3 is 0 Å². The van der Waals surface area contributed by atoms with Crippen LogP contribution in [0.4, 0.5) is 11.5 Å². The second-order valence-corrected chi connectivity index (χ2v) is 8.46. The van der Waals surface area contributed by atoms with Crippen molar-refractivity contribution in [1.29, 1.82) is 0 Å². The Morgan fingerprint density at radius 3 is 2.47 bits per heavy atom. The number of hydrazone groups is 1. The Morgan fingerprint density at radius 1 is 1.17 bits per heavy atom. The highest BCUT2D eigenvalue weighted by Crippen LogP contribution is 2.19. The van der Waals surface area contributed by atoms with Gasteiger partial charge in [-0.1, -0.05) is 25.1 Å². The quantitative estimate of drug-likeness (QED) is 0.269. The topological polar surface area (TPSA) is 144 Å². The predicted octanol–water partition coefficient (Wildman–Crippen LogP) is 2.77. The molecule has 0 spiro atoms. The van der Waals surface area contributed by atoms with Gasteiger partial charge in [0.25, 0.3) is 5.91 Å². The fraction of sp³-hybridized carbons (Fsp3) is 0.500. The number of nitrogens with zero attached hydrogens (tertiary/aromatic N) is 8. The maximum absolute atomic E-state index is 13.1. The van der Waals surface area contributed by atoms with Gasteiger partial charge in [-0.2, -0.15) is 9.78 Å². The van der Waals surface area contributed by atoms with Crippen LogP contribution in [0.25, 0.3) is 5.82 Å². The lowest BCUT2D eigenvalue weighted by Crippen LogP contribution is -2.28. The number of nitrogens with one attached hydrogen (secondary N) is 1. The third-order valence-electron chi connectivity index (χ3n) is 5.88. The molecular formula is C24H36N10O2. The number of nitrogen functional groups attached to an aromatic ring is 1. The summed E-state index contributed by atoms with van der Waals surface area (Å²) in [4.78, 5) is 17.6. The second kappa shape index (κ2) is 12.8. The van der Waals surface area contributed by atoms with E-state index < -0.39 is 5.91 Å². The zero-order valence-electron chi connectivity index (χ0n) is 21.7. The summed E-state index contributed by atoms with van der Waals surface area (Å²) in [6.45, 7) is 14.5. The second-order valence-electron chi connectivity index (χ2n) is 8.46. The van der Waals surface area contributed by atoms with Gasteiger partial charge in [-0.05, 0) is 80.3 Å². The molecule has 3 aromatic rings. The molecule has 0 saturated carbocycles. The van der Waals surface area contributed by atoms with Crippen LogP contribution in [-0.2, 0) is 6.54 Å². The number of aromatic nitrogens is 5. The van der Waals surface area contributed by atoms with Crippen LogP contribution in [0.3, 0.4) is 0 Å². The van der Waals surface area contributed by atoms with E-state index >= 15 is 0 Å². The van der Waals surface area contributed by atoms with Crippen LogP contribution in [0.2, 0.25) is 0 Å². The Bertz CT molecular complexity index is 1160. The number of carbonyl (C=O) groups is 1. The van der Waals surface area contributed by atoms with Gasteiger partial charge in [-0.25, -0.2) is 10.1 Å². The normalized spacial score (nSPS) is 11.5. The van der Waals surface area contributed by atoms with Crippen molar-refractivity contribution in [1.82, 2.24) is 35.6 Å². The monoisotopic (exact) mass is 496 g/mol. The summed E-state index contributed by atoms with van der Waals surface area (Å²) in [5, 5.41) is 19.9. The SMILES string of the molecule is CCCN(CCC)Cc1c(C(=O)N/N=C/c2ccc(N(CC)CC)cc2C)nnn1-c1nonc1N. The smallest absolute Gasteiger partial charge is 0.293 e. The maximum atomic E-state index is 13.1. The molecule has 0 bridgehead atoms. The number of benzene rings is 1. The van der Waals surface area contributed by atoms with Gasteiger partial charge in [-0.15, -0.1) is 5.10 Å². The predicted molar refractivity (Wildman–Crippen MR) is 139 cm³/mol. The average Bonchev–Trinajstić information content (AvgIpc) is 3.47. The summed E-state index contributed by atoms with van der Waals surface area (Å²) in [5.74, 6) is -0.225. The molecule has 0 unspecified atom stereocenters. The molecule has 36 heavy (non-hydrogen) atoms. The van der Waals surface area contributed by atoms with Crippen molar-refractivity contribution < 1.29 is 9.42 Å². The molecule has 0 atom stereocenters. The summed E-state index contributed by atoms with van der Waals surface area (Å²) in [7, 11) is 0. The fourth-order valence-corrected chi connectivity index (χ4v) is 4.05. The van der Waals surface area contributed by atoms with Crippen LogP contribution in [0.5, 0.6) is 0 Å². The van der Waals surface area contributed by atoms with E-state index in [1.165, 1.54) is 4.68 Å². The Labute approximate surface area is 211 Å². The summed E-state index contributed by atoms with van der Waals surface area (Å²) in [6.07, 6.45) is 3.56. The number of anilines is 2. The molecule has 3 rings (SSSR count). The van der Waals surface area contributed by atoms with Gasteiger partial charge in [0.05, 0.1) is 11.9 Å². The first-order valence-corrected chi connectivity index (χ1v) is 12.4. The number of carbonyl (C=O) groups excluding carboxylic acids is 1. The van der Waals surface area contributed by atoms with Crippen molar-refractivity contribution in [2.75, 3.05) is 36.8 Å². The molecule has 12 nitrogen and oxygen atoms in total. The van der Waals surface area contributed by atoms with E-state index in [1.54, 1.807) is 6.21 Å². The van der Waals surface area contributed by atoms with Crippen LogP contribution >= 0.6 is 0 Å². The molecule has 2 aromatic heterocycles. The van der Waals surface area contributed by atoms with E-state index in [1.807, 2.05) is 13.0 Å². The molecular weight excluding hydrogens is 460 g/mol. The molecule has 1 amide bonds. The van der Waals surface area contributed by atoms with Crippen molar-refractivity contribution in [3.05, 3.63) is 40.7 Å². The lowest BCUT2D eigenvalue weighted by molar-refractivity contribution is 0.0947. The molecule has 0 saturated heterocycles. The summed E-state index contributed by atoms with van der Waals surface area (Å²) in [5.41, 5.74) is 12.3. The van der Waals surface area contributed by atoms with Crippen molar-refractivity contribution in [2.45, 2.75) is 54.0 Å². The molecule has 0 aliphatic carbocycles. The van der Waals surface area contributed by atoms with E-state index in [2.05, 4.69) is 80.8 Å². The molecule has 0 aliphatic heterocycles. The first-order valence-electron chi connectivity index (χ1n) is 12.4. The molecule has 194 valence electrons. The van der Waals surface area contributed by atoms with Crippen LogP contribution in [0, 0.1) is 6.92 Å². The largest absolute Gasteiger partial charge is 0.378 e. The van der Waals surface area contributed by atoms with Crippen molar-refractivity contribution in [2.24, 2.45) is 5.10 Å². The van der Waals surface area contributed by atoms with Crippen LogP contribution < -0.4 is 16.1 Å². The Kier molecular flexibility index (Phi) is 9.51. The average molecular weight is 497 g/mol. The summed E-state index contributed by atoms with van der Waals surface area (Å²) < 4.78 is 6.13. The number of hydrogen-bond acceptors (Lipinski definition) is 10. The highest BCUT2D eigenvalue weighted by molar-refractivity contribution is 5.94. The highest BCUT2D eigenvalue weighted by Gasteiger charge is 2.25. The summed E-state index contributed by atoms with van der Waals surface area (Å²) >= 11 is 0. The minimum Gasteiger partial charge on any atom is -0.378 e. The van der Waals surface area contributed by atoms with E-state index in [0.29, 0.717) is 12.2 Å². The van der Waals surface area contributed by atoms with Gasteiger partial charge in [0.1, 0.15) is 0 Å². The number of hydrogen-bond donors (Lipinski definition) is 2. The lowest BCUT2D eigenvalue weighted by Gasteiger charge is -2.21. The number of amides is 1. The third kappa shape index (κ3) is 6.25. The fourth-order valence-electron chi connectivity index (χ4n) is 4.05. The highest BCUT2D eigenvalue weighted by atomic mass is 16.6. The third-order valence-corrected chi connectivity index (χ3v) is 5.88. The molecule has 0 radical (unpaired) electrons. The van der Waals surface area contributed by atoms with Gasteiger partial charge in [0, 0.05) is 25.3 Å². The van der Waals surface area contributed by atoms with E-state index in [-0.39, 0.29) is 17.3 Å². The van der Waals surface area contributed by atoms with Gasteiger partial charge < -0.3 is 10.6 Å². The van der Waals surface area contributed by atoms with Crippen LogP contribution in [-0.4, -0.2) is 68.5 Å². The zero-order chi connectivity index (χ0) is 26.1. The van der Waals surface area contributed by atoms with E-state index in [0.717, 1.165) is 55.8 Å². The Hall–Kier alpha value is -3.80. The number of aryl methyl sites for hydroxylation is 1. The first-order chi connectivity index (χ1) is 17.4. The minimum atomic E-state index is -0.479. The van der Waals surface area contributed by atoms with Crippen molar-refractivity contribution in [3.8, 4) is 5.82 Å². The van der Waals surface area contributed by atoms with Crippen molar-refractivity contribution in [3.63, 3.8) is 0 Å². The first kappa shape index (κ1) is 26.8. The van der Waals surface area contributed by atoms with Gasteiger partial charge in [0.2, 0.25) is 11.6 Å². The van der Waals surface area contributed by atoms with E-state index in [4.69, 9.17) is 10.4 Å². The molecule has 2 heterocycles. The summed E-state index contributed by atoms with van der Waals surface area (Å²) in [6, 6.07) is 6.17. The van der Waals surface area contributed by atoms with Gasteiger partial charge in [0.15, 0.2) is 5.69 Å². The number of nitrogens with two attached hydrogens (primary N) is 1. The van der Waals surface area contributed by atoms with Crippen LogP contribution in [0.15, 0.2) is 27.9 Å². The standard InChI is InChI=1S/C24H36N10O2/c1-6-12-32(13-7-2)16-20-21(27-31-34(20)23-22(25)29-36-30-23)24(35)28-26-15-18-10-11-19(14-17(18)5)33(8-3)9-4/h10-11,14-15H,6-9,12-13,16H2,1-5H3,(H2,25,29)(H,28,35)/b26-15+. The lowest BCUT2D eigenvalue weighted by atomic mass is 10.1. The molecule has 0 fully saturated rings. The van der Waals surface area contributed by atoms with Crippen molar-refractivity contribution >= 4 is 23.6 Å². The number of rotatable bonds is 13. The molecule has 0 aliphatic rings. The van der Waals surface area contributed by atoms with Gasteiger partial charge in [-0.3, -0.25) is 9.69 Å².